The number of esters is 1. The van der Waals surface area contributed by atoms with Gasteiger partial charge in [0.2, 0.25) is 0 Å². The largest absolute Gasteiger partial charge is 0.481 e. The van der Waals surface area contributed by atoms with E-state index in [-0.39, 0.29) is 46.1 Å². The van der Waals surface area contributed by atoms with Crippen LogP contribution in [0.25, 0.3) is 0 Å². The second kappa shape index (κ2) is 12.5. The summed E-state index contributed by atoms with van der Waals surface area (Å²) in [5.74, 6) is 0.558. The minimum absolute atomic E-state index is 0.0511. The molecule has 0 aromatic heterocycles. The van der Waals surface area contributed by atoms with Gasteiger partial charge in [-0.1, -0.05) is 46.8 Å². The van der Waals surface area contributed by atoms with Crippen molar-refractivity contribution >= 4 is 11.9 Å². The first-order chi connectivity index (χ1) is 22.8. The third-order valence-electron chi connectivity index (χ3n) is 16.3. The van der Waals surface area contributed by atoms with Gasteiger partial charge in [-0.3, -0.25) is 14.4 Å². The van der Waals surface area contributed by atoms with E-state index >= 15 is 0 Å². The van der Waals surface area contributed by atoms with Gasteiger partial charge in [0.1, 0.15) is 31.0 Å². The Bertz CT molecular complexity index is 1320. The molecule has 5 aliphatic carbocycles. The molecule has 5 saturated carbocycles. The Morgan fingerprint density at radius 2 is 1.55 bits per heavy atom. The van der Waals surface area contributed by atoms with E-state index in [0.29, 0.717) is 17.8 Å². The molecule has 6 aliphatic rings. The van der Waals surface area contributed by atoms with Crippen molar-refractivity contribution in [3.05, 3.63) is 12.2 Å². The molecule has 10 heteroatoms. The number of rotatable bonds is 7. The van der Waals surface area contributed by atoms with Crippen LogP contribution in [0.15, 0.2) is 12.2 Å². The molecule has 0 spiro atoms. The van der Waals surface area contributed by atoms with Crippen LogP contribution in [0.5, 0.6) is 0 Å². The first kappa shape index (κ1) is 37.2. The third kappa shape index (κ3) is 5.31. The summed E-state index contributed by atoms with van der Waals surface area (Å²) in [4.78, 5) is 31.9. The zero-order valence-corrected chi connectivity index (χ0v) is 31.1. The fraction of sp³-hybridized carbons (Fsp3) is 0.897. The van der Waals surface area contributed by atoms with Crippen molar-refractivity contribution in [3.8, 4) is 0 Å². The van der Waals surface area contributed by atoms with E-state index in [1.807, 2.05) is 0 Å². The minimum Gasteiger partial charge on any atom is -0.481 e. The molecule has 1 heterocycles. The van der Waals surface area contributed by atoms with Crippen LogP contribution in [-0.4, -0.2) is 87.8 Å². The Morgan fingerprint density at radius 3 is 2.18 bits per heavy atom. The van der Waals surface area contributed by atoms with E-state index in [9.17, 15) is 30.0 Å². The Hall–Kier alpha value is -1.56. The number of aliphatic hydroxyl groups is 3. The Labute approximate surface area is 292 Å². The van der Waals surface area contributed by atoms with Crippen LogP contribution in [0.2, 0.25) is 0 Å². The van der Waals surface area contributed by atoms with Gasteiger partial charge < -0.3 is 29.9 Å². The van der Waals surface area contributed by atoms with Crippen LogP contribution >= 0.6 is 0 Å². The zero-order chi connectivity index (χ0) is 36.1. The summed E-state index contributed by atoms with van der Waals surface area (Å²) in [6.45, 7) is 19.8. The third-order valence-corrected chi connectivity index (χ3v) is 16.3. The number of carboxylic acid groups (broad SMARTS) is 1. The number of carbonyl (C=O) groups is 2. The first-order valence-electron chi connectivity index (χ1n) is 18.9. The molecule has 0 aromatic rings. The lowest BCUT2D eigenvalue weighted by Gasteiger charge is -2.72. The van der Waals surface area contributed by atoms with Crippen LogP contribution < -0.4 is 0 Å². The molecular formula is C39H63NO9. The topological polar surface area (TPSA) is 146 Å². The Morgan fingerprint density at radius 1 is 0.857 bits per heavy atom. The Balaban J connectivity index is 1.19. The lowest BCUT2D eigenvalue weighted by molar-refractivity contribution is -0.321. The number of fused-ring (bicyclic) bond motifs is 7. The van der Waals surface area contributed by atoms with E-state index in [1.54, 1.807) is 6.92 Å². The minimum atomic E-state index is -1.47. The number of nitrogens with zero attached hydrogens (tertiary/aromatic N) is 1. The predicted molar refractivity (Wildman–Crippen MR) is 183 cm³/mol. The zero-order valence-electron chi connectivity index (χ0n) is 31.1. The van der Waals surface area contributed by atoms with Gasteiger partial charge in [-0.25, -0.2) is 0 Å². The number of aliphatic carboxylic acids is 1. The van der Waals surface area contributed by atoms with Crippen molar-refractivity contribution in [2.75, 3.05) is 13.7 Å². The number of hydrogen-bond donors (Lipinski definition) is 4. The number of carboxylic acids is 1. The highest BCUT2D eigenvalue weighted by Crippen LogP contribution is 2.77. The number of hydroxylamine groups is 2. The summed E-state index contributed by atoms with van der Waals surface area (Å²) < 4.78 is 12.0. The molecule has 0 radical (unpaired) electrons. The van der Waals surface area contributed by atoms with Crippen molar-refractivity contribution in [2.24, 2.45) is 56.7 Å². The normalized spacial score (nSPS) is 50.4. The van der Waals surface area contributed by atoms with Gasteiger partial charge in [0.25, 0.3) is 0 Å². The van der Waals surface area contributed by atoms with Crippen molar-refractivity contribution in [1.29, 1.82) is 0 Å². The van der Waals surface area contributed by atoms with Gasteiger partial charge in [-0.2, -0.15) is 0 Å². The second-order valence-corrected chi connectivity index (χ2v) is 18.4. The number of carbonyl (C=O) groups excluding carboxylic acids is 1. The molecule has 10 nitrogen and oxygen atoms in total. The maximum absolute atomic E-state index is 13.5. The average molecular weight is 690 g/mol. The molecule has 1 saturated heterocycles. The van der Waals surface area contributed by atoms with Gasteiger partial charge in [0, 0.05) is 5.41 Å². The Kier molecular flexibility index (Phi) is 9.52. The van der Waals surface area contributed by atoms with Crippen LogP contribution in [0.3, 0.4) is 0 Å². The smallest absolute Gasteiger partial charge is 0.323 e. The monoisotopic (exact) mass is 689 g/mol. The van der Waals surface area contributed by atoms with Gasteiger partial charge >= 0.3 is 11.9 Å². The highest BCUT2D eigenvalue weighted by molar-refractivity contribution is 5.76. The summed E-state index contributed by atoms with van der Waals surface area (Å²) in [5, 5.41) is 42.9. The van der Waals surface area contributed by atoms with Crippen LogP contribution in [0.1, 0.15) is 113 Å². The molecule has 1 aliphatic heterocycles. The molecule has 4 N–H and O–H groups in total. The van der Waals surface area contributed by atoms with Crippen molar-refractivity contribution in [1.82, 2.24) is 5.06 Å². The average Bonchev–Trinajstić information content (AvgIpc) is 3.44. The predicted octanol–water partition coefficient (Wildman–Crippen LogP) is 5.33. The fourth-order valence-electron chi connectivity index (χ4n) is 13.5. The lowest BCUT2D eigenvalue weighted by Crippen LogP contribution is -2.67. The number of allylic oxidation sites excluding steroid dienone is 1. The van der Waals surface area contributed by atoms with Gasteiger partial charge in [-0.05, 0) is 124 Å². The molecule has 49 heavy (non-hydrogen) atoms. The van der Waals surface area contributed by atoms with Gasteiger partial charge in [0.05, 0.1) is 18.6 Å². The quantitative estimate of drug-likeness (QED) is 0.157. The standard InChI is InChI=1S/C39H63NO9/c1-21(2)23-12-17-39(34(45)46)19-18-37(7)24(29(23)39)10-11-26-36(6)15-14-27(35(4,5)25(36)13-16-38(26,37)8)49-28(41)20-40(47-9)33-32(44)31(43)30(42)22(3)48-33/h22-27,29-33,42-44H,1,10-20H2,2-9H3,(H,45,46)/t22-,23+,24-,25+,26-,27+,29-,30+,31+,32-,33?,36+,37-,38-,39+/m1/s1. The highest BCUT2D eigenvalue weighted by atomic mass is 16.7. The molecule has 6 fully saturated rings. The molecule has 0 aromatic carbocycles. The lowest BCUT2D eigenvalue weighted by atomic mass is 9.32. The van der Waals surface area contributed by atoms with Crippen molar-refractivity contribution in [3.63, 3.8) is 0 Å². The molecule has 278 valence electrons. The number of hydrogen-bond acceptors (Lipinski definition) is 9. The number of ether oxygens (including phenoxy) is 2. The molecule has 0 bridgehead atoms. The second-order valence-electron chi connectivity index (χ2n) is 18.4. The van der Waals surface area contributed by atoms with E-state index in [4.69, 9.17) is 14.3 Å². The van der Waals surface area contributed by atoms with E-state index in [2.05, 4.69) is 48.1 Å². The van der Waals surface area contributed by atoms with Crippen LogP contribution in [-0.2, 0) is 23.9 Å². The summed E-state index contributed by atoms with van der Waals surface area (Å²) in [6, 6.07) is 0. The molecule has 6 rings (SSSR count). The molecule has 1 unspecified atom stereocenters. The SMILES string of the molecule is C=C(C)[C@@H]1CC[C@]2(C(=O)O)CC[C@]3(C)[C@H](CC[C@@H]4[C@@]5(C)CC[C@H](OC(=O)CN(OC)C6O[C@H](C)[C@H](O)[C@H](O)[C@H]6O)C(C)(C)[C@@H]5CC[C@]43C)[C@@H]12. The van der Waals surface area contributed by atoms with E-state index < -0.39 is 48.0 Å². The van der Waals surface area contributed by atoms with Crippen LogP contribution in [0, 0.1) is 56.7 Å². The molecular weight excluding hydrogens is 626 g/mol. The number of aliphatic hydroxyl groups excluding tert-OH is 3. The molecule has 0 amide bonds. The summed E-state index contributed by atoms with van der Waals surface area (Å²) in [6.07, 6.45) is 3.06. The molecule has 15 atom stereocenters. The van der Waals surface area contributed by atoms with Crippen molar-refractivity contribution in [2.45, 2.75) is 149 Å². The van der Waals surface area contributed by atoms with Crippen molar-refractivity contribution < 1.29 is 44.3 Å². The van der Waals surface area contributed by atoms with Gasteiger partial charge in [0.15, 0.2) is 6.23 Å². The first-order valence-corrected chi connectivity index (χ1v) is 18.9. The van der Waals surface area contributed by atoms with E-state index in [0.717, 1.165) is 69.8 Å². The summed E-state index contributed by atoms with van der Waals surface area (Å²) in [7, 11) is 1.37. The van der Waals surface area contributed by atoms with Crippen LogP contribution in [0.4, 0.5) is 0 Å². The summed E-state index contributed by atoms with van der Waals surface area (Å²) in [5.41, 5.74) is 0.441. The summed E-state index contributed by atoms with van der Waals surface area (Å²) >= 11 is 0. The fourth-order valence-corrected chi connectivity index (χ4v) is 13.5. The van der Waals surface area contributed by atoms with E-state index in [1.165, 1.54) is 12.2 Å². The maximum atomic E-state index is 13.5. The van der Waals surface area contributed by atoms with Gasteiger partial charge in [-0.15, -0.1) is 5.06 Å². The maximum Gasteiger partial charge on any atom is 0.323 e. The highest BCUT2D eigenvalue weighted by Gasteiger charge is 2.72.